The monoisotopic (exact) mass is 222 g/mol. The topological polar surface area (TPSA) is 56.0 Å². The molecule has 82 valence electrons. The molecule has 0 unspecified atom stereocenters. The van der Waals surface area contributed by atoms with Crippen LogP contribution in [0.25, 0.3) is 11.3 Å². The van der Waals surface area contributed by atoms with Gasteiger partial charge in [0.15, 0.2) is 0 Å². The molecule has 0 atom stereocenters. The second-order valence-corrected chi connectivity index (χ2v) is 3.41. The van der Waals surface area contributed by atoms with Gasteiger partial charge in [-0.2, -0.15) is 0 Å². The zero-order chi connectivity index (χ0) is 12.1. The normalized spacial score (nSPS) is 9.18. The molecule has 0 bridgehead atoms. The van der Waals surface area contributed by atoms with Crippen molar-refractivity contribution in [1.29, 1.82) is 0 Å². The van der Waals surface area contributed by atoms with E-state index < -0.39 is 5.91 Å². The smallest absolute Gasteiger partial charge is 0.293 e. The Kier molecular flexibility index (Phi) is 3.18. The lowest BCUT2D eigenvalue weighted by Gasteiger charge is -1.99. The molecule has 0 aliphatic rings. The van der Waals surface area contributed by atoms with Gasteiger partial charge in [0.05, 0.1) is 5.69 Å². The van der Waals surface area contributed by atoms with Crippen molar-refractivity contribution in [3.8, 4) is 23.1 Å². The van der Waals surface area contributed by atoms with Gasteiger partial charge in [0.1, 0.15) is 0 Å². The molecule has 1 aromatic heterocycles. The molecule has 2 aromatic rings. The molecule has 0 spiro atoms. The molecule has 3 nitrogen and oxygen atoms in total. The number of rotatable bonds is 1. The molecule has 1 heterocycles. The van der Waals surface area contributed by atoms with Crippen molar-refractivity contribution in [3.05, 3.63) is 54.2 Å². The molecule has 0 aliphatic carbocycles. The highest BCUT2D eigenvalue weighted by Gasteiger charge is 1.96. The van der Waals surface area contributed by atoms with Crippen LogP contribution in [0.5, 0.6) is 0 Å². The first-order chi connectivity index (χ1) is 8.25. The van der Waals surface area contributed by atoms with Crippen LogP contribution < -0.4 is 5.73 Å². The van der Waals surface area contributed by atoms with Gasteiger partial charge < -0.3 is 5.73 Å². The van der Waals surface area contributed by atoms with Crippen molar-refractivity contribution in [1.82, 2.24) is 4.98 Å². The van der Waals surface area contributed by atoms with E-state index >= 15 is 0 Å². The first kappa shape index (κ1) is 10.9. The Hall–Kier alpha value is -2.60. The predicted octanol–water partition coefficient (Wildman–Crippen LogP) is 1.59. The molecule has 2 rings (SSSR count). The first-order valence-corrected chi connectivity index (χ1v) is 5.08. The van der Waals surface area contributed by atoms with Gasteiger partial charge in [0.2, 0.25) is 0 Å². The summed E-state index contributed by atoms with van der Waals surface area (Å²) in [4.78, 5) is 14.7. The van der Waals surface area contributed by atoms with E-state index in [0.29, 0.717) is 0 Å². The van der Waals surface area contributed by atoms with Gasteiger partial charge in [-0.1, -0.05) is 24.1 Å². The average molecular weight is 222 g/mol. The van der Waals surface area contributed by atoms with Crippen molar-refractivity contribution < 1.29 is 4.79 Å². The van der Waals surface area contributed by atoms with E-state index in [-0.39, 0.29) is 0 Å². The lowest BCUT2D eigenvalue weighted by Crippen LogP contribution is -2.06. The van der Waals surface area contributed by atoms with Crippen LogP contribution in [-0.4, -0.2) is 10.9 Å². The second kappa shape index (κ2) is 4.95. The summed E-state index contributed by atoms with van der Waals surface area (Å²) in [6.07, 6.45) is 1.75. The number of aromatic nitrogens is 1. The Bertz CT molecular complexity index is 577. The van der Waals surface area contributed by atoms with E-state index in [1.807, 2.05) is 42.5 Å². The quantitative estimate of drug-likeness (QED) is 0.745. The minimum Gasteiger partial charge on any atom is -0.359 e. The van der Waals surface area contributed by atoms with Gasteiger partial charge in [-0.05, 0) is 30.2 Å². The largest absolute Gasteiger partial charge is 0.359 e. The standard InChI is InChI=1S/C14H10N2O/c15-14(17)9-6-11-4-7-12(8-5-11)13-3-1-2-10-16-13/h1-5,7-8,10H,(H2,15,17). The number of carbonyl (C=O) groups is 1. The number of pyridine rings is 1. The molecule has 0 saturated carbocycles. The maximum Gasteiger partial charge on any atom is 0.293 e. The molecule has 3 heteroatoms. The minimum absolute atomic E-state index is 0.626. The van der Waals surface area contributed by atoms with Crippen molar-refractivity contribution in [3.63, 3.8) is 0 Å². The lowest BCUT2D eigenvalue weighted by molar-refractivity contribution is -0.112. The number of carbonyl (C=O) groups excluding carboxylic acids is 1. The number of hydrogen-bond donors (Lipinski definition) is 1. The van der Waals surface area contributed by atoms with E-state index in [9.17, 15) is 4.79 Å². The van der Waals surface area contributed by atoms with Crippen LogP contribution >= 0.6 is 0 Å². The zero-order valence-electron chi connectivity index (χ0n) is 9.05. The van der Waals surface area contributed by atoms with E-state index in [1.54, 1.807) is 6.20 Å². The fourth-order valence-electron chi connectivity index (χ4n) is 1.39. The molecule has 0 fully saturated rings. The van der Waals surface area contributed by atoms with Crippen molar-refractivity contribution in [2.24, 2.45) is 5.73 Å². The fourth-order valence-corrected chi connectivity index (χ4v) is 1.39. The Morgan fingerprint density at radius 3 is 2.47 bits per heavy atom. The van der Waals surface area contributed by atoms with Gasteiger partial charge in [-0.15, -0.1) is 0 Å². The van der Waals surface area contributed by atoms with Gasteiger partial charge in [0, 0.05) is 17.3 Å². The highest BCUT2D eigenvalue weighted by Crippen LogP contribution is 2.16. The van der Waals surface area contributed by atoms with E-state index in [4.69, 9.17) is 5.73 Å². The summed E-state index contributed by atoms with van der Waals surface area (Å²) in [5.41, 5.74) is 7.61. The summed E-state index contributed by atoms with van der Waals surface area (Å²) in [5, 5.41) is 0. The molecule has 17 heavy (non-hydrogen) atoms. The number of amides is 1. The fraction of sp³-hybridized carbons (Fsp3) is 0. The molecule has 0 radical (unpaired) electrons. The lowest BCUT2D eigenvalue weighted by atomic mass is 10.1. The molecule has 0 aliphatic heterocycles. The van der Waals surface area contributed by atoms with Crippen LogP contribution in [0.3, 0.4) is 0 Å². The number of hydrogen-bond acceptors (Lipinski definition) is 2. The summed E-state index contributed by atoms with van der Waals surface area (Å²) in [5.74, 6) is 4.35. The average Bonchev–Trinajstić information content (AvgIpc) is 2.38. The van der Waals surface area contributed by atoms with E-state index in [2.05, 4.69) is 16.8 Å². The van der Waals surface area contributed by atoms with Crippen LogP contribution in [0.15, 0.2) is 48.7 Å². The van der Waals surface area contributed by atoms with Crippen LogP contribution in [-0.2, 0) is 4.79 Å². The Labute approximate surface area is 99.3 Å². The first-order valence-electron chi connectivity index (χ1n) is 5.08. The molecular weight excluding hydrogens is 212 g/mol. The van der Waals surface area contributed by atoms with Crippen molar-refractivity contribution >= 4 is 5.91 Å². The van der Waals surface area contributed by atoms with E-state index in [0.717, 1.165) is 16.8 Å². The van der Waals surface area contributed by atoms with Gasteiger partial charge >= 0.3 is 0 Å². The third kappa shape index (κ3) is 2.93. The summed E-state index contributed by atoms with van der Waals surface area (Å²) >= 11 is 0. The van der Waals surface area contributed by atoms with Gasteiger partial charge in [-0.3, -0.25) is 9.78 Å². The predicted molar refractivity (Wildman–Crippen MR) is 65.7 cm³/mol. The summed E-state index contributed by atoms with van der Waals surface area (Å²) < 4.78 is 0. The molecule has 1 aromatic carbocycles. The SMILES string of the molecule is NC(=O)C#Cc1ccc(-c2ccccn2)cc1. The Morgan fingerprint density at radius 1 is 1.12 bits per heavy atom. The second-order valence-electron chi connectivity index (χ2n) is 3.41. The summed E-state index contributed by atoms with van der Waals surface area (Å²) in [6, 6.07) is 13.2. The third-order valence-corrected chi connectivity index (χ3v) is 2.18. The number of nitrogens with zero attached hydrogens (tertiary/aromatic N) is 1. The van der Waals surface area contributed by atoms with Crippen LogP contribution in [0.1, 0.15) is 5.56 Å². The number of benzene rings is 1. The van der Waals surface area contributed by atoms with Crippen LogP contribution in [0.4, 0.5) is 0 Å². The maximum atomic E-state index is 10.5. The minimum atomic E-state index is -0.626. The highest BCUT2D eigenvalue weighted by atomic mass is 16.1. The van der Waals surface area contributed by atoms with Gasteiger partial charge in [-0.25, -0.2) is 0 Å². The molecule has 2 N–H and O–H groups in total. The van der Waals surface area contributed by atoms with Gasteiger partial charge in [0.25, 0.3) is 5.91 Å². The van der Waals surface area contributed by atoms with Crippen molar-refractivity contribution in [2.45, 2.75) is 0 Å². The number of nitrogens with two attached hydrogens (primary N) is 1. The highest BCUT2D eigenvalue weighted by molar-refractivity contribution is 5.92. The number of primary amides is 1. The van der Waals surface area contributed by atoms with E-state index in [1.165, 1.54) is 0 Å². The van der Waals surface area contributed by atoms with Crippen molar-refractivity contribution in [2.75, 3.05) is 0 Å². The third-order valence-electron chi connectivity index (χ3n) is 2.18. The summed E-state index contributed by atoms with van der Waals surface area (Å²) in [6.45, 7) is 0. The van der Waals surface area contributed by atoms with Crippen LogP contribution in [0, 0.1) is 11.8 Å². The Morgan fingerprint density at radius 2 is 1.88 bits per heavy atom. The Balaban J connectivity index is 2.26. The summed E-state index contributed by atoms with van der Waals surface area (Å²) in [7, 11) is 0. The molecule has 1 amide bonds. The zero-order valence-corrected chi connectivity index (χ0v) is 9.05. The van der Waals surface area contributed by atoms with Crippen LogP contribution in [0.2, 0.25) is 0 Å². The molecular formula is C14H10N2O. The maximum absolute atomic E-state index is 10.5. The molecule has 0 saturated heterocycles.